The highest BCUT2D eigenvalue weighted by atomic mass is 28.4. The summed E-state index contributed by atoms with van der Waals surface area (Å²) < 4.78 is 3.55. The van der Waals surface area contributed by atoms with Crippen LogP contribution in [-0.2, 0) is 0 Å². The van der Waals surface area contributed by atoms with E-state index in [-0.39, 0.29) is 0 Å². The van der Waals surface area contributed by atoms with Crippen LogP contribution >= 0.6 is 0 Å². The molecule has 0 unspecified atom stereocenters. The maximum absolute atomic E-state index is 3.84. The van der Waals surface area contributed by atoms with Gasteiger partial charge in [-0.1, -0.05) is 34.2 Å². The van der Waals surface area contributed by atoms with Gasteiger partial charge in [0.1, 0.15) is 0 Å². The molecule has 0 aromatic rings. The van der Waals surface area contributed by atoms with Crippen LogP contribution in [0.3, 0.4) is 0 Å². The lowest BCUT2D eigenvalue weighted by atomic mass is 11.2. The fraction of sp³-hybridized carbons (Fsp3) is 0. The van der Waals surface area contributed by atoms with Crippen molar-refractivity contribution < 1.29 is 0 Å². The Labute approximate surface area is 95.1 Å². The second-order valence-corrected chi connectivity index (χ2v) is 10.4. The third-order valence-corrected chi connectivity index (χ3v) is 9.98. The molecule has 0 bridgehead atoms. The van der Waals surface area contributed by atoms with Crippen molar-refractivity contribution in [2.45, 2.75) is 0 Å². The van der Waals surface area contributed by atoms with Gasteiger partial charge >= 0.3 is 0 Å². The van der Waals surface area contributed by atoms with Crippen molar-refractivity contribution in [2.75, 3.05) is 0 Å². The van der Waals surface area contributed by atoms with Crippen LogP contribution in [0.15, 0.2) is 73.7 Å². The smallest absolute Gasteiger partial charge is 0.192 e. The molecule has 0 rings (SSSR count). The highest BCUT2D eigenvalue weighted by molar-refractivity contribution is 7.05. The van der Waals surface area contributed by atoms with Crippen molar-refractivity contribution in [3.05, 3.63) is 73.7 Å². The molecule has 0 spiro atoms. The van der Waals surface area contributed by atoms with Crippen LogP contribution < -0.4 is 4.65 Å². The van der Waals surface area contributed by atoms with Crippen molar-refractivity contribution in [1.82, 2.24) is 4.65 Å². The molecule has 3 heteroatoms. The quantitative estimate of drug-likeness (QED) is 0.636. The molecule has 1 N–H and O–H groups in total. The van der Waals surface area contributed by atoms with Gasteiger partial charge in [-0.05, 0) is 0 Å². The summed E-state index contributed by atoms with van der Waals surface area (Å²) in [6.07, 6.45) is 0. The lowest BCUT2D eigenvalue weighted by Crippen LogP contribution is -2.60. The van der Waals surface area contributed by atoms with E-state index in [1.54, 1.807) is 0 Å². The summed E-state index contributed by atoms with van der Waals surface area (Å²) in [5.74, 6) is 0. The van der Waals surface area contributed by atoms with Gasteiger partial charge in [0.05, 0.1) is 0 Å². The van der Waals surface area contributed by atoms with E-state index in [0.717, 1.165) is 0 Å². The average Bonchev–Trinajstić information content (AvgIpc) is 2.33. The monoisotopic (exact) mass is 233 g/mol. The first-order chi connectivity index (χ1) is 7.07. The van der Waals surface area contributed by atoms with Crippen LogP contribution in [0.5, 0.6) is 0 Å². The van der Waals surface area contributed by atoms with E-state index in [2.05, 4.69) is 44.1 Å². The first-order valence-electron chi connectivity index (χ1n) is 4.68. The van der Waals surface area contributed by atoms with Gasteiger partial charge in [0.2, 0.25) is 0 Å². The molecule has 0 radical (unpaired) electrons. The molecule has 0 aromatic carbocycles. The normalized spacial score (nSPS) is 11.2. The van der Waals surface area contributed by atoms with Crippen LogP contribution in [-0.4, -0.2) is 16.5 Å². The molecule has 80 valence electrons. The number of hydrogen-bond donors (Lipinski definition) is 1. The maximum Gasteiger partial charge on any atom is 0.192 e. The summed E-state index contributed by atoms with van der Waals surface area (Å²) in [6, 6.07) is 0. The summed E-state index contributed by atoms with van der Waals surface area (Å²) >= 11 is 0. The minimum Gasteiger partial charge on any atom is -0.340 e. The molecule has 0 aliphatic rings. The predicted molar refractivity (Wildman–Crippen MR) is 75.8 cm³/mol. The molecular formula is C12H19NSi2. The molecule has 15 heavy (non-hydrogen) atoms. The van der Waals surface area contributed by atoms with Crippen LogP contribution in [0.2, 0.25) is 0 Å². The van der Waals surface area contributed by atoms with Crippen molar-refractivity contribution in [1.29, 1.82) is 0 Å². The standard InChI is InChI=1S/C12H19NSi2/c1-7-14(8-2,9-3)13-15(10-4,11-5)12-6/h7-13H,1-6H2. The minimum absolute atomic E-state index is 1.89. The van der Waals surface area contributed by atoms with E-state index in [0.29, 0.717) is 0 Å². The second kappa shape index (κ2) is 5.65. The van der Waals surface area contributed by atoms with Gasteiger partial charge < -0.3 is 4.65 Å². The molecule has 0 amide bonds. The van der Waals surface area contributed by atoms with Crippen LogP contribution in [0.1, 0.15) is 0 Å². The van der Waals surface area contributed by atoms with Crippen molar-refractivity contribution in [3.63, 3.8) is 0 Å². The second-order valence-electron chi connectivity index (χ2n) is 3.22. The molecular weight excluding hydrogens is 214 g/mol. The van der Waals surface area contributed by atoms with Gasteiger partial charge in [0.15, 0.2) is 16.5 Å². The van der Waals surface area contributed by atoms with E-state index in [9.17, 15) is 0 Å². The number of rotatable bonds is 8. The Morgan fingerprint density at radius 1 is 0.533 bits per heavy atom. The van der Waals surface area contributed by atoms with E-state index in [1.807, 2.05) is 34.2 Å². The molecule has 0 heterocycles. The lowest BCUT2D eigenvalue weighted by molar-refractivity contribution is 1.43. The Hall–Kier alpha value is -1.17. The molecule has 0 fully saturated rings. The van der Waals surface area contributed by atoms with Crippen molar-refractivity contribution in [3.8, 4) is 0 Å². The number of hydrogen-bond acceptors (Lipinski definition) is 1. The van der Waals surface area contributed by atoms with Crippen LogP contribution in [0.4, 0.5) is 0 Å². The predicted octanol–water partition coefficient (Wildman–Crippen LogP) is 2.82. The summed E-state index contributed by atoms with van der Waals surface area (Å²) in [6.45, 7) is 23.0. The first kappa shape index (κ1) is 13.8. The zero-order valence-corrected chi connectivity index (χ0v) is 11.2. The number of nitrogens with one attached hydrogen (secondary N) is 1. The van der Waals surface area contributed by atoms with E-state index >= 15 is 0 Å². The Kier molecular flexibility index (Phi) is 5.21. The summed E-state index contributed by atoms with van der Waals surface area (Å²) in [7, 11) is -4.05. The van der Waals surface area contributed by atoms with Gasteiger partial charge in [-0.2, -0.15) is 0 Å². The zero-order chi connectivity index (χ0) is 11.9. The highest BCUT2D eigenvalue weighted by Gasteiger charge is 2.32. The van der Waals surface area contributed by atoms with Gasteiger partial charge in [-0.15, -0.1) is 39.5 Å². The molecule has 1 nitrogen and oxygen atoms in total. The SMILES string of the molecule is C=C[Si](C=C)(C=C)N[Si](C=C)(C=C)C=C. The van der Waals surface area contributed by atoms with Crippen LogP contribution in [0, 0.1) is 0 Å². The van der Waals surface area contributed by atoms with Gasteiger partial charge in [-0.25, -0.2) is 0 Å². The third kappa shape index (κ3) is 2.89. The molecule has 0 saturated carbocycles. The summed E-state index contributed by atoms with van der Waals surface area (Å²) in [4.78, 5) is 0. The highest BCUT2D eigenvalue weighted by Crippen LogP contribution is 2.11. The molecule has 0 aromatic heterocycles. The average molecular weight is 233 g/mol. The van der Waals surface area contributed by atoms with Gasteiger partial charge in [-0.3, -0.25) is 0 Å². The fourth-order valence-corrected chi connectivity index (χ4v) is 7.63. The fourth-order valence-electron chi connectivity index (χ4n) is 1.18. The largest absolute Gasteiger partial charge is 0.340 e. The van der Waals surface area contributed by atoms with Crippen molar-refractivity contribution >= 4 is 16.5 Å². The minimum atomic E-state index is -2.03. The zero-order valence-electron chi connectivity index (χ0n) is 9.21. The first-order valence-corrected chi connectivity index (χ1v) is 9.15. The van der Waals surface area contributed by atoms with Crippen molar-refractivity contribution in [2.24, 2.45) is 0 Å². The Balaban J connectivity index is 5.25. The lowest BCUT2D eigenvalue weighted by Gasteiger charge is -2.31. The Morgan fingerprint density at radius 2 is 0.733 bits per heavy atom. The van der Waals surface area contributed by atoms with Gasteiger partial charge in [0, 0.05) is 0 Å². The molecule has 0 aliphatic carbocycles. The summed E-state index contributed by atoms with van der Waals surface area (Å²) in [5.41, 5.74) is 11.4. The maximum atomic E-state index is 3.84. The molecule has 0 saturated heterocycles. The molecule has 0 atom stereocenters. The third-order valence-electron chi connectivity index (χ3n) is 2.46. The summed E-state index contributed by atoms with van der Waals surface area (Å²) in [5, 5.41) is 0. The van der Waals surface area contributed by atoms with E-state index < -0.39 is 16.5 Å². The Morgan fingerprint density at radius 3 is 0.867 bits per heavy atom. The Bertz CT molecular complexity index is 231. The van der Waals surface area contributed by atoms with Gasteiger partial charge in [0.25, 0.3) is 0 Å². The van der Waals surface area contributed by atoms with E-state index in [1.165, 1.54) is 0 Å². The van der Waals surface area contributed by atoms with Crippen LogP contribution in [0.25, 0.3) is 0 Å². The topological polar surface area (TPSA) is 12.0 Å². The molecule has 0 aliphatic heterocycles. The van der Waals surface area contributed by atoms with E-state index in [4.69, 9.17) is 0 Å².